The highest BCUT2D eigenvalue weighted by atomic mass is 35.5. The summed E-state index contributed by atoms with van der Waals surface area (Å²) >= 11 is 0. The van der Waals surface area contributed by atoms with Crippen molar-refractivity contribution in [1.29, 1.82) is 0 Å². The summed E-state index contributed by atoms with van der Waals surface area (Å²) in [6.07, 6.45) is 0.513. The quantitative estimate of drug-likeness (QED) is 0.656. The van der Waals surface area contributed by atoms with Gasteiger partial charge < -0.3 is 27.6 Å². The smallest absolute Gasteiger partial charge is 0.130 e. The van der Waals surface area contributed by atoms with Gasteiger partial charge in [-0.1, -0.05) is 63.2 Å². The lowest BCUT2D eigenvalue weighted by Crippen LogP contribution is -3.00. The third-order valence-electron chi connectivity index (χ3n) is 4.52. The number of nitrogens with two attached hydrogens (primary N) is 1. The summed E-state index contributed by atoms with van der Waals surface area (Å²) in [6, 6.07) is 18.3. The molecule has 3 nitrogen and oxygen atoms in total. The fraction of sp³-hybridized carbons (Fsp3) is 0.455. The molecule has 3 N–H and O–H groups in total. The second-order valence-corrected chi connectivity index (χ2v) is 7.72. The highest BCUT2D eigenvalue weighted by Crippen LogP contribution is 2.24. The van der Waals surface area contributed by atoms with Gasteiger partial charge in [0.15, 0.2) is 0 Å². The van der Waals surface area contributed by atoms with Crippen LogP contribution in [0.1, 0.15) is 51.3 Å². The molecule has 2 aromatic rings. The molecule has 4 heteroatoms. The normalized spacial score (nSPS) is 13.6. The molecule has 0 aromatic heterocycles. The van der Waals surface area contributed by atoms with Crippen molar-refractivity contribution in [3.05, 3.63) is 65.7 Å². The Hall–Kier alpha value is -1.55. The van der Waals surface area contributed by atoms with Crippen LogP contribution in [0, 0.1) is 0 Å². The minimum Gasteiger partial charge on any atom is -1.00 e. The van der Waals surface area contributed by atoms with Crippen LogP contribution >= 0.6 is 0 Å². The van der Waals surface area contributed by atoms with Crippen LogP contribution in [-0.4, -0.2) is 24.3 Å². The van der Waals surface area contributed by atoms with Crippen molar-refractivity contribution in [2.24, 2.45) is 0 Å². The largest absolute Gasteiger partial charge is 1.00 e. The topological polar surface area (TPSA) is 46.1 Å². The zero-order valence-corrected chi connectivity index (χ0v) is 17.0. The van der Waals surface area contributed by atoms with Gasteiger partial charge in [0.2, 0.25) is 0 Å². The maximum Gasteiger partial charge on any atom is 0.130 e. The molecule has 2 rings (SSSR count). The summed E-state index contributed by atoms with van der Waals surface area (Å²) < 4.78 is 5.82. The van der Waals surface area contributed by atoms with Gasteiger partial charge in [0.1, 0.15) is 17.9 Å². The molecule has 2 atom stereocenters. The predicted molar refractivity (Wildman–Crippen MR) is 103 cm³/mol. The van der Waals surface area contributed by atoms with Crippen molar-refractivity contribution in [3.63, 3.8) is 0 Å². The van der Waals surface area contributed by atoms with Gasteiger partial charge in [-0.05, 0) is 35.6 Å². The lowest BCUT2D eigenvalue weighted by atomic mass is 9.87. The van der Waals surface area contributed by atoms with Gasteiger partial charge in [-0.2, -0.15) is 0 Å². The molecule has 2 aromatic carbocycles. The number of aliphatic hydroxyl groups is 1. The maximum atomic E-state index is 10.4. The lowest BCUT2D eigenvalue weighted by molar-refractivity contribution is -0.694. The Kier molecular flexibility index (Phi) is 9.14. The fourth-order valence-electron chi connectivity index (χ4n) is 2.79. The number of halogens is 1. The standard InChI is InChI=1S/C22H31NO2.ClH/c1-17(21(24)18-9-6-5-7-10-18)23-15-8-16-25-20-13-11-19(12-14-20)22(2,3)4;/h5-7,9-14,17,21,23-24H,8,15-16H2,1-4H3;1H. The Morgan fingerprint density at radius 1 is 1.00 bits per heavy atom. The summed E-state index contributed by atoms with van der Waals surface area (Å²) in [7, 11) is 0. The number of aliphatic hydroxyl groups excluding tert-OH is 1. The molecule has 0 spiro atoms. The van der Waals surface area contributed by atoms with Gasteiger partial charge in [-0.25, -0.2) is 0 Å². The molecule has 0 heterocycles. The molecule has 0 amide bonds. The van der Waals surface area contributed by atoms with Crippen LogP contribution in [0.4, 0.5) is 0 Å². The van der Waals surface area contributed by atoms with E-state index in [1.807, 2.05) is 42.5 Å². The fourth-order valence-corrected chi connectivity index (χ4v) is 2.79. The van der Waals surface area contributed by atoms with Crippen molar-refractivity contribution in [1.82, 2.24) is 0 Å². The SMILES string of the molecule is CC([NH2+]CCCOc1ccc(C(C)(C)C)cc1)C(O)c1ccccc1.[Cl-]. The summed E-state index contributed by atoms with van der Waals surface area (Å²) in [5, 5.41) is 12.5. The monoisotopic (exact) mass is 377 g/mol. The van der Waals surface area contributed by atoms with E-state index in [-0.39, 0.29) is 23.9 Å². The minimum absolute atomic E-state index is 0. The molecule has 0 aliphatic heterocycles. The van der Waals surface area contributed by atoms with E-state index in [9.17, 15) is 5.11 Å². The van der Waals surface area contributed by atoms with Crippen LogP contribution in [-0.2, 0) is 5.41 Å². The number of benzene rings is 2. The molecule has 0 saturated carbocycles. The molecule has 0 saturated heterocycles. The molecule has 0 aliphatic carbocycles. The van der Waals surface area contributed by atoms with Crippen LogP contribution in [0.2, 0.25) is 0 Å². The first-order valence-corrected chi connectivity index (χ1v) is 9.17. The van der Waals surface area contributed by atoms with E-state index in [1.165, 1.54) is 5.56 Å². The van der Waals surface area contributed by atoms with E-state index in [1.54, 1.807) is 0 Å². The number of quaternary nitrogens is 1. The second kappa shape index (κ2) is 10.6. The van der Waals surface area contributed by atoms with E-state index in [0.717, 1.165) is 24.3 Å². The number of hydrogen-bond donors (Lipinski definition) is 2. The Morgan fingerprint density at radius 2 is 1.62 bits per heavy atom. The third kappa shape index (κ3) is 6.99. The Balaban J connectivity index is 0.00000338. The molecule has 144 valence electrons. The van der Waals surface area contributed by atoms with E-state index in [4.69, 9.17) is 4.74 Å². The molecule has 2 unspecified atom stereocenters. The molecule has 0 radical (unpaired) electrons. The van der Waals surface area contributed by atoms with Gasteiger partial charge >= 0.3 is 0 Å². The third-order valence-corrected chi connectivity index (χ3v) is 4.52. The van der Waals surface area contributed by atoms with Crippen molar-refractivity contribution in [2.75, 3.05) is 13.2 Å². The zero-order chi connectivity index (χ0) is 18.3. The summed E-state index contributed by atoms with van der Waals surface area (Å²) in [6.45, 7) is 10.3. The first-order valence-electron chi connectivity index (χ1n) is 9.17. The van der Waals surface area contributed by atoms with Gasteiger partial charge in [0, 0.05) is 6.42 Å². The zero-order valence-electron chi connectivity index (χ0n) is 16.3. The number of ether oxygens (including phenoxy) is 1. The summed E-state index contributed by atoms with van der Waals surface area (Å²) in [4.78, 5) is 0. The van der Waals surface area contributed by atoms with E-state index in [0.29, 0.717) is 6.61 Å². The van der Waals surface area contributed by atoms with E-state index < -0.39 is 6.10 Å². The lowest BCUT2D eigenvalue weighted by Gasteiger charge is -2.19. The average Bonchev–Trinajstić information content (AvgIpc) is 2.61. The molecule has 0 fully saturated rings. The van der Waals surface area contributed by atoms with Crippen LogP contribution < -0.4 is 22.5 Å². The predicted octanol–water partition coefficient (Wildman–Crippen LogP) is 0.443. The van der Waals surface area contributed by atoms with Crippen molar-refractivity contribution in [2.45, 2.75) is 51.7 Å². The van der Waals surface area contributed by atoms with Crippen molar-refractivity contribution in [3.8, 4) is 5.75 Å². The molecule has 0 bridgehead atoms. The van der Waals surface area contributed by atoms with Crippen LogP contribution in [0.15, 0.2) is 54.6 Å². The Bertz CT molecular complexity index is 623. The molecule has 26 heavy (non-hydrogen) atoms. The Labute approximate surface area is 164 Å². The first-order chi connectivity index (χ1) is 11.9. The van der Waals surface area contributed by atoms with Crippen LogP contribution in [0.5, 0.6) is 5.75 Å². The molecular weight excluding hydrogens is 346 g/mol. The highest BCUT2D eigenvalue weighted by molar-refractivity contribution is 5.31. The van der Waals surface area contributed by atoms with Crippen molar-refractivity contribution >= 4 is 0 Å². The van der Waals surface area contributed by atoms with E-state index >= 15 is 0 Å². The van der Waals surface area contributed by atoms with Crippen LogP contribution in [0.3, 0.4) is 0 Å². The molecule has 0 aliphatic rings. The van der Waals surface area contributed by atoms with Gasteiger partial charge in [0.25, 0.3) is 0 Å². The minimum atomic E-state index is -0.438. The van der Waals surface area contributed by atoms with Gasteiger partial charge in [-0.3, -0.25) is 0 Å². The number of hydrogen-bond acceptors (Lipinski definition) is 2. The van der Waals surface area contributed by atoms with Crippen LogP contribution in [0.25, 0.3) is 0 Å². The number of rotatable bonds is 8. The highest BCUT2D eigenvalue weighted by Gasteiger charge is 2.18. The molecular formula is C22H32ClNO2. The average molecular weight is 378 g/mol. The summed E-state index contributed by atoms with van der Waals surface area (Å²) in [5.74, 6) is 0.922. The second-order valence-electron chi connectivity index (χ2n) is 7.72. The van der Waals surface area contributed by atoms with E-state index in [2.05, 4.69) is 45.1 Å². The summed E-state index contributed by atoms with van der Waals surface area (Å²) in [5.41, 5.74) is 2.46. The Morgan fingerprint density at radius 3 is 2.19 bits per heavy atom. The van der Waals surface area contributed by atoms with Gasteiger partial charge in [0.05, 0.1) is 13.2 Å². The van der Waals surface area contributed by atoms with Gasteiger partial charge in [-0.15, -0.1) is 0 Å². The first kappa shape index (κ1) is 22.5. The maximum absolute atomic E-state index is 10.4. The van der Waals surface area contributed by atoms with Crippen molar-refractivity contribution < 1.29 is 27.6 Å².